The fourth-order valence-corrected chi connectivity index (χ4v) is 2.59. The summed E-state index contributed by atoms with van der Waals surface area (Å²) in [5.41, 5.74) is 0.903. The molecule has 20 heavy (non-hydrogen) atoms. The SMILES string of the molecule is C=CCNC(=S)Nc1ccc(N2CCC[C@H](C)C2)nc1. The van der Waals surface area contributed by atoms with E-state index in [1.54, 1.807) is 6.08 Å². The normalized spacial score (nSPS) is 18.4. The average Bonchev–Trinajstić information content (AvgIpc) is 2.46. The van der Waals surface area contributed by atoms with Gasteiger partial charge in [0.2, 0.25) is 0 Å². The van der Waals surface area contributed by atoms with E-state index < -0.39 is 0 Å². The molecule has 1 saturated heterocycles. The van der Waals surface area contributed by atoms with E-state index in [0.29, 0.717) is 11.7 Å². The van der Waals surface area contributed by atoms with Crippen LogP contribution in [0, 0.1) is 5.92 Å². The average molecular weight is 290 g/mol. The second kappa shape index (κ2) is 7.24. The zero-order chi connectivity index (χ0) is 14.4. The maximum absolute atomic E-state index is 5.17. The highest BCUT2D eigenvalue weighted by Gasteiger charge is 2.17. The lowest BCUT2D eigenvalue weighted by atomic mass is 10.0. The Bertz CT molecular complexity index is 457. The summed E-state index contributed by atoms with van der Waals surface area (Å²) >= 11 is 5.17. The van der Waals surface area contributed by atoms with Crippen LogP contribution in [0.3, 0.4) is 0 Å². The predicted octanol–water partition coefficient (Wildman–Crippen LogP) is 2.79. The first kappa shape index (κ1) is 14.8. The first-order valence-electron chi connectivity index (χ1n) is 7.06. The van der Waals surface area contributed by atoms with Crippen molar-refractivity contribution < 1.29 is 0 Å². The van der Waals surface area contributed by atoms with E-state index in [2.05, 4.69) is 40.1 Å². The molecule has 5 heteroatoms. The predicted molar refractivity (Wildman–Crippen MR) is 89.3 cm³/mol. The van der Waals surface area contributed by atoms with Crippen molar-refractivity contribution in [2.45, 2.75) is 19.8 Å². The summed E-state index contributed by atoms with van der Waals surface area (Å²) in [5, 5.41) is 6.72. The highest BCUT2D eigenvalue weighted by Crippen LogP contribution is 2.21. The van der Waals surface area contributed by atoms with E-state index in [9.17, 15) is 0 Å². The van der Waals surface area contributed by atoms with Gasteiger partial charge < -0.3 is 15.5 Å². The van der Waals surface area contributed by atoms with Crippen LogP contribution in [0.1, 0.15) is 19.8 Å². The van der Waals surface area contributed by atoms with E-state index in [1.807, 2.05) is 12.3 Å². The van der Waals surface area contributed by atoms with Crippen molar-refractivity contribution >= 4 is 28.8 Å². The quantitative estimate of drug-likeness (QED) is 0.659. The lowest BCUT2D eigenvalue weighted by molar-refractivity contribution is 0.444. The van der Waals surface area contributed by atoms with Crippen molar-refractivity contribution in [2.24, 2.45) is 5.92 Å². The van der Waals surface area contributed by atoms with Crippen LogP contribution in [0.4, 0.5) is 11.5 Å². The second-order valence-electron chi connectivity index (χ2n) is 5.22. The molecular formula is C15H22N4S. The monoisotopic (exact) mass is 290 g/mol. The molecule has 1 aliphatic rings. The van der Waals surface area contributed by atoms with Gasteiger partial charge in [-0.2, -0.15) is 0 Å². The lowest BCUT2D eigenvalue weighted by Crippen LogP contribution is -2.34. The van der Waals surface area contributed by atoms with Gasteiger partial charge in [0.05, 0.1) is 11.9 Å². The minimum atomic E-state index is 0.589. The van der Waals surface area contributed by atoms with Crippen molar-refractivity contribution in [3.05, 3.63) is 31.0 Å². The molecule has 108 valence electrons. The number of pyridine rings is 1. The van der Waals surface area contributed by atoms with Crippen LogP contribution in [0.2, 0.25) is 0 Å². The summed E-state index contributed by atoms with van der Waals surface area (Å²) in [7, 11) is 0. The molecule has 0 amide bonds. The van der Waals surface area contributed by atoms with Crippen LogP contribution in [0.15, 0.2) is 31.0 Å². The Morgan fingerprint density at radius 2 is 2.45 bits per heavy atom. The highest BCUT2D eigenvalue weighted by molar-refractivity contribution is 7.80. The number of thiocarbonyl (C=S) groups is 1. The molecule has 1 atom stereocenters. The Morgan fingerprint density at radius 1 is 1.60 bits per heavy atom. The molecule has 0 unspecified atom stereocenters. The fraction of sp³-hybridized carbons (Fsp3) is 0.467. The van der Waals surface area contributed by atoms with E-state index in [0.717, 1.165) is 30.5 Å². The third-order valence-electron chi connectivity index (χ3n) is 3.39. The summed E-state index contributed by atoms with van der Waals surface area (Å²) in [6.07, 6.45) is 6.17. The van der Waals surface area contributed by atoms with Gasteiger partial charge in [0.1, 0.15) is 5.82 Å². The van der Waals surface area contributed by atoms with Crippen molar-refractivity contribution in [3.63, 3.8) is 0 Å². The van der Waals surface area contributed by atoms with Gasteiger partial charge in [-0.3, -0.25) is 0 Å². The summed E-state index contributed by atoms with van der Waals surface area (Å²) in [4.78, 5) is 6.88. The first-order chi connectivity index (χ1) is 9.69. The van der Waals surface area contributed by atoms with Gasteiger partial charge in [0.25, 0.3) is 0 Å². The van der Waals surface area contributed by atoms with Crippen molar-refractivity contribution in [1.82, 2.24) is 10.3 Å². The number of nitrogens with one attached hydrogen (secondary N) is 2. The van der Waals surface area contributed by atoms with E-state index >= 15 is 0 Å². The van der Waals surface area contributed by atoms with Crippen molar-refractivity contribution in [3.8, 4) is 0 Å². The minimum Gasteiger partial charge on any atom is -0.359 e. The van der Waals surface area contributed by atoms with Crippen LogP contribution < -0.4 is 15.5 Å². The van der Waals surface area contributed by atoms with Crippen LogP contribution in [-0.2, 0) is 0 Å². The Labute approximate surface area is 126 Å². The molecule has 4 nitrogen and oxygen atoms in total. The van der Waals surface area contributed by atoms with E-state index in [1.165, 1.54) is 12.8 Å². The molecule has 2 rings (SSSR count). The first-order valence-corrected chi connectivity index (χ1v) is 7.46. The van der Waals surface area contributed by atoms with Gasteiger partial charge in [-0.1, -0.05) is 13.0 Å². The van der Waals surface area contributed by atoms with Gasteiger partial charge >= 0.3 is 0 Å². The van der Waals surface area contributed by atoms with Crippen LogP contribution in [0.5, 0.6) is 0 Å². The number of piperidine rings is 1. The number of rotatable bonds is 4. The number of nitrogens with zero attached hydrogens (tertiary/aromatic N) is 2. The summed E-state index contributed by atoms with van der Waals surface area (Å²) in [5.74, 6) is 1.80. The van der Waals surface area contributed by atoms with Crippen LogP contribution in [-0.4, -0.2) is 29.7 Å². The van der Waals surface area contributed by atoms with Gasteiger partial charge in [0.15, 0.2) is 5.11 Å². The molecule has 1 aromatic heterocycles. The molecule has 0 bridgehead atoms. The number of hydrogen-bond acceptors (Lipinski definition) is 3. The van der Waals surface area contributed by atoms with Crippen LogP contribution in [0.25, 0.3) is 0 Å². The van der Waals surface area contributed by atoms with Crippen molar-refractivity contribution in [1.29, 1.82) is 0 Å². The maximum atomic E-state index is 5.17. The Morgan fingerprint density at radius 3 is 3.10 bits per heavy atom. The molecule has 0 aliphatic carbocycles. The topological polar surface area (TPSA) is 40.2 Å². The molecule has 1 fully saturated rings. The third kappa shape index (κ3) is 4.20. The molecular weight excluding hydrogens is 268 g/mol. The largest absolute Gasteiger partial charge is 0.359 e. The van der Waals surface area contributed by atoms with E-state index in [-0.39, 0.29) is 0 Å². The Balaban J connectivity index is 1.92. The fourth-order valence-electron chi connectivity index (χ4n) is 2.38. The molecule has 1 aromatic rings. The zero-order valence-corrected chi connectivity index (χ0v) is 12.7. The zero-order valence-electron chi connectivity index (χ0n) is 11.9. The van der Waals surface area contributed by atoms with Crippen LogP contribution >= 0.6 is 12.2 Å². The molecule has 2 heterocycles. The minimum absolute atomic E-state index is 0.589. The smallest absolute Gasteiger partial charge is 0.171 e. The lowest BCUT2D eigenvalue weighted by Gasteiger charge is -2.31. The molecule has 0 radical (unpaired) electrons. The molecule has 0 aromatic carbocycles. The molecule has 0 saturated carbocycles. The van der Waals surface area contributed by atoms with Gasteiger partial charge in [-0.15, -0.1) is 6.58 Å². The van der Waals surface area contributed by atoms with Gasteiger partial charge in [0, 0.05) is 19.6 Å². The Kier molecular flexibility index (Phi) is 5.35. The van der Waals surface area contributed by atoms with E-state index in [4.69, 9.17) is 12.2 Å². The number of aromatic nitrogens is 1. The third-order valence-corrected chi connectivity index (χ3v) is 3.64. The molecule has 2 N–H and O–H groups in total. The summed E-state index contributed by atoms with van der Waals surface area (Å²) in [6, 6.07) is 4.07. The number of hydrogen-bond donors (Lipinski definition) is 2. The molecule has 0 spiro atoms. The second-order valence-corrected chi connectivity index (χ2v) is 5.63. The van der Waals surface area contributed by atoms with Gasteiger partial charge in [-0.25, -0.2) is 4.98 Å². The maximum Gasteiger partial charge on any atom is 0.171 e. The summed E-state index contributed by atoms with van der Waals surface area (Å²) < 4.78 is 0. The summed E-state index contributed by atoms with van der Waals surface area (Å²) in [6.45, 7) is 8.79. The highest BCUT2D eigenvalue weighted by atomic mass is 32.1. The standard InChI is InChI=1S/C15H22N4S/c1-3-8-16-15(20)18-13-6-7-14(17-10-13)19-9-4-5-12(2)11-19/h3,6-7,10,12H,1,4-5,8-9,11H2,2H3,(H2,16,18,20)/t12-/m0/s1. The number of anilines is 2. The Hall–Kier alpha value is -1.62. The van der Waals surface area contributed by atoms with Crippen molar-refractivity contribution in [2.75, 3.05) is 29.9 Å². The van der Waals surface area contributed by atoms with Gasteiger partial charge in [-0.05, 0) is 43.1 Å². The molecule has 1 aliphatic heterocycles.